The second-order valence-electron chi connectivity index (χ2n) is 5.61. The lowest BCUT2D eigenvalue weighted by atomic mass is 10.3. The molecule has 0 heterocycles. The molecule has 0 aliphatic carbocycles. The van der Waals surface area contributed by atoms with E-state index in [9.17, 15) is 16.8 Å². The molecule has 0 aliphatic rings. The lowest BCUT2D eigenvalue weighted by molar-refractivity contribution is 0.481. The highest BCUT2D eigenvalue weighted by Crippen LogP contribution is 2.33. The van der Waals surface area contributed by atoms with Crippen LogP contribution in [0.4, 0.5) is 0 Å². The van der Waals surface area contributed by atoms with Crippen molar-refractivity contribution in [3.63, 3.8) is 0 Å². The predicted octanol–water partition coefficient (Wildman–Crippen LogP) is 0.289. The minimum absolute atomic E-state index is 0. The number of rotatable bonds is 5. The molecule has 0 atom stereocenters. The summed E-state index contributed by atoms with van der Waals surface area (Å²) in [5.74, 6) is 0. The Morgan fingerprint density at radius 3 is 1.14 bits per heavy atom. The van der Waals surface area contributed by atoms with E-state index >= 15 is 0 Å². The fourth-order valence-corrected chi connectivity index (χ4v) is 5.78. The summed E-state index contributed by atoms with van der Waals surface area (Å²) in [6.07, 6.45) is 0. The molecular weight excluding hydrogens is 439 g/mol. The fraction of sp³-hybridized carbons (Fsp3) is 0. The van der Waals surface area contributed by atoms with Crippen molar-refractivity contribution in [2.75, 3.05) is 0 Å². The van der Waals surface area contributed by atoms with E-state index in [2.05, 4.69) is 0 Å². The van der Waals surface area contributed by atoms with Crippen LogP contribution in [-0.4, -0.2) is 36.9 Å². The van der Waals surface area contributed by atoms with Gasteiger partial charge in [0.05, 0.1) is 9.79 Å². The number of benzene rings is 3. The molecule has 11 heteroatoms. The zero-order valence-electron chi connectivity index (χ0n) is 14.8. The van der Waals surface area contributed by atoms with Gasteiger partial charge in [-0.25, -0.2) is 0 Å². The van der Waals surface area contributed by atoms with Crippen LogP contribution in [0, 0.1) is 0 Å². The van der Waals surface area contributed by atoms with E-state index in [1.807, 2.05) is 30.3 Å². The molecule has 3 aromatic carbocycles. The van der Waals surface area contributed by atoms with Crippen molar-refractivity contribution in [3.05, 3.63) is 78.9 Å². The Morgan fingerprint density at radius 2 is 0.828 bits per heavy atom. The second-order valence-corrected chi connectivity index (χ2v) is 10.7. The van der Waals surface area contributed by atoms with Crippen LogP contribution in [0.15, 0.2) is 88.7 Å². The smallest absolute Gasteiger partial charge is 0.294 e. The molecule has 0 unspecified atom stereocenters. The molecule has 3 rings (SSSR count). The van der Waals surface area contributed by atoms with Gasteiger partial charge in [-0.3, -0.25) is 9.11 Å². The van der Waals surface area contributed by atoms with Crippen molar-refractivity contribution in [1.29, 1.82) is 0 Å². The maximum absolute atomic E-state index is 11.3. The Balaban J connectivity index is 0.00000210. The van der Waals surface area contributed by atoms with Gasteiger partial charge >= 0.3 is 0 Å². The first-order valence-electron chi connectivity index (χ1n) is 7.66. The zero-order chi connectivity index (χ0) is 19.7. The normalized spacial score (nSPS) is 11.4. The Labute approximate surface area is 169 Å². The van der Waals surface area contributed by atoms with Crippen LogP contribution in [0.25, 0.3) is 0 Å². The van der Waals surface area contributed by atoms with E-state index in [-0.39, 0.29) is 20.7 Å². The number of hydrogen-bond acceptors (Lipinski definition) is 4. The molecule has 8 nitrogen and oxygen atoms in total. The van der Waals surface area contributed by atoms with Crippen LogP contribution in [-0.2, 0) is 20.2 Å². The molecule has 0 amide bonds. The van der Waals surface area contributed by atoms with Crippen LogP contribution in [0.3, 0.4) is 0 Å². The van der Waals surface area contributed by atoms with Gasteiger partial charge in [-0.05, 0) is 48.1 Å². The summed E-state index contributed by atoms with van der Waals surface area (Å²) >= 11 is 0. The van der Waals surface area contributed by atoms with Gasteiger partial charge < -0.3 is 11.0 Å². The van der Waals surface area contributed by atoms with E-state index < -0.39 is 28.2 Å². The first-order valence-corrected chi connectivity index (χ1v) is 11.9. The van der Waals surface area contributed by atoms with Crippen molar-refractivity contribution in [2.24, 2.45) is 0 Å². The third kappa shape index (κ3) is 5.91. The Hall–Kier alpha value is -2.17. The lowest BCUT2D eigenvalue weighted by Crippen LogP contribution is -2.21. The Kier molecular flexibility index (Phi) is 8.19. The van der Waals surface area contributed by atoms with Crippen molar-refractivity contribution in [3.8, 4) is 0 Å². The average Bonchev–Trinajstić information content (AvgIpc) is 2.62. The van der Waals surface area contributed by atoms with E-state index in [4.69, 9.17) is 9.11 Å². The van der Waals surface area contributed by atoms with Crippen LogP contribution in [0.2, 0.25) is 0 Å². The van der Waals surface area contributed by atoms with Crippen molar-refractivity contribution >= 4 is 44.1 Å². The molecular formula is C18H19O8PS2. The summed E-state index contributed by atoms with van der Waals surface area (Å²) in [5, 5.41) is 2.62. The number of hydrogen-bond donors (Lipinski definition) is 2. The third-order valence-electron chi connectivity index (χ3n) is 3.80. The minimum atomic E-state index is -4.28. The lowest BCUT2D eigenvalue weighted by Gasteiger charge is -2.19. The molecule has 0 saturated carbocycles. The van der Waals surface area contributed by atoms with Crippen LogP contribution in [0.1, 0.15) is 0 Å². The van der Waals surface area contributed by atoms with Gasteiger partial charge in [-0.15, -0.1) is 0 Å². The standard InChI is InChI=1S/C18H15O6PS2.2H2O/c19-26(20,21)17-10-6-15(7-11-17)25(14-4-2-1-3-5-14)16-8-12-18(13-9-16)27(22,23)24;;/h1-13H,(H,19,20,21)(H,22,23,24);2*1H2. The first kappa shape index (κ1) is 24.9. The van der Waals surface area contributed by atoms with Gasteiger partial charge in [-0.2, -0.15) is 16.8 Å². The fourth-order valence-electron chi connectivity index (χ4n) is 2.56. The first-order chi connectivity index (χ1) is 12.7. The molecule has 29 heavy (non-hydrogen) atoms. The molecule has 0 aromatic heterocycles. The molecule has 0 bridgehead atoms. The minimum Gasteiger partial charge on any atom is -0.412 e. The average molecular weight is 458 g/mol. The largest absolute Gasteiger partial charge is 0.412 e. The molecule has 0 fully saturated rings. The highest BCUT2D eigenvalue weighted by atomic mass is 32.2. The van der Waals surface area contributed by atoms with Gasteiger partial charge in [0.25, 0.3) is 20.2 Å². The second kappa shape index (κ2) is 9.55. The van der Waals surface area contributed by atoms with Crippen LogP contribution >= 0.6 is 7.92 Å². The predicted molar refractivity (Wildman–Crippen MR) is 112 cm³/mol. The molecule has 0 spiro atoms. The molecule has 0 saturated heterocycles. The Bertz CT molecular complexity index is 1070. The summed E-state index contributed by atoms with van der Waals surface area (Å²) in [6, 6.07) is 21.3. The van der Waals surface area contributed by atoms with E-state index in [0.717, 1.165) is 15.9 Å². The summed E-state index contributed by atoms with van der Waals surface area (Å²) in [5.41, 5.74) is 0. The molecule has 0 aliphatic heterocycles. The SMILES string of the molecule is O.O.O=S(=O)(O)c1ccc(P(c2ccccc2)c2ccc(S(=O)(=O)O)cc2)cc1. The van der Waals surface area contributed by atoms with Gasteiger partial charge in [0.15, 0.2) is 0 Å². The molecule has 6 N–H and O–H groups in total. The van der Waals surface area contributed by atoms with E-state index in [0.29, 0.717) is 0 Å². The van der Waals surface area contributed by atoms with Gasteiger partial charge in [0.2, 0.25) is 0 Å². The third-order valence-corrected chi connectivity index (χ3v) is 7.98. The van der Waals surface area contributed by atoms with Gasteiger partial charge in [0.1, 0.15) is 0 Å². The van der Waals surface area contributed by atoms with Crippen LogP contribution in [0.5, 0.6) is 0 Å². The highest BCUT2D eigenvalue weighted by Gasteiger charge is 2.19. The summed E-state index contributed by atoms with van der Waals surface area (Å²) in [4.78, 5) is -0.396. The zero-order valence-corrected chi connectivity index (χ0v) is 17.3. The van der Waals surface area contributed by atoms with E-state index in [1.54, 1.807) is 24.3 Å². The molecule has 3 aromatic rings. The summed E-state index contributed by atoms with van der Waals surface area (Å²) < 4.78 is 63.4. The van der Waals surface area contributed by atoms with Gasteiger partial charge in [0, 0.05) is 0 Å². The quantitative estimate of drug-likeness (QED) is 0.411. The maximum Gasteiger partial charge on any atom is 0.294 e. The van der Waals surface area contributed by atoms with Crippen molar-refractivity contribution in [1.82, 2.24) is 0 Å². The molecule has 0 radical (unpaired) electrons. The van der Waals surface area contributed by atoms with Crippen molar-refractivity contribution < 1.29 is 36.9 Å². The monoisotopic (exact) mass is 458 g/mol. The topological polar surface area (TPSA) is 172 Å². The van der Waals surface area contributed by atoms with E-state index in [1.165, 1.54) is 24.3 Å². The van der Waals surface area contributed by atoms with Crippen molar-refractivity contribution in [2.45, 2.75) is 9.79 Å². The molecule has 156 valence electrons. The van der Waals surface area contributed by atoms with Gasteiger partial charge in [-0.1, -0.05) is 54.6 Å². The Morgan fingerprint density at radius 1 is 0.517 bits per heavy atom. The van der Waals surface area contributed by atoms with Crippen LogP contribution < -0.4 is 15.9 Å². The maximum atomic E-state index is 11.3. The summed E-state index contributed by atoms with van der Waals surface area (Å²) in [7, 11) is -9.66. The highest BCUT2D eigenvalue weighted by molar-refractivity contribution is 7.86. The summed E-state index contributed by atoms with van der Waals surface area (Å²) in [6.45, 7) is 0.